The highest BCUT2D eigenvalue weighted by molar-refractivity contribution is 7.92. The Morgan fingerprint density at radius 3 is 2.23 bits per heavy atom. The molecular weight excluding hydrogens is 569 g/mol. The molecule has 3 rings (SSSR count). The van der Waals surface area contributed by atoms with Gasteiger partial charge in [0.2, 0.25) is 11.8 Å². The number of amides is 2. The zero-order valence-corrected chi connectivity index (χ0v) is 25.5. The number of carbonyl (C=O) groups excluding carboxylic acids is 2. The number of halogens is 2. The summed E-state index contributed by atoms with van der Waals surface area (Å²) in [6.45, 7) is 7.40. The molecule has 0 bridgehead atoms. The van der Waals surface area contributed by atoms with Crippen LogP contribution in [0.4, 0.5) is 5.69 Å². The number of anilines is 1. The number of hydrogen-bond acceptors (Lipinski definition) is 4. The van der Waals surface area contributed by atoms with Gasteiger partial charge in [0.1, 0.15) is 12.6 Å². The number of hydrogen-bond donors (Lipinski definition) is 1. The van der Waals surface area contributed by atoms with Gasteiger partial charge < -0.3 is 10.2 Å². The molecule has 0 aromatic heterocycles. The van der Waals surface area contributed by atoms with E-state index in [4.69, 9.17) is 23.2 Å². The Hall–Kier alpha value is -3.07. The lowest BCUT2D eigenvalue weighted by atomic mass is 10.1. The summed E-state index contributed by atoms with van der Waals surface area (Å²) in [5.74, 6) is -0.854. The van der Waals surface area contributed by atoms with E-state index < -0.39 is 28.5 Å². The van der Waals surface area contributed by atoms with E-state index in [9.17, 15) is 18.0 Å². The standard InChI is InChI=1S/C30H35Cl2N3O4S/c1-5-16-33-30(37)28(6-2)34(19-23-12-13-24(31)18-27(23)32)29(36)20-35(25-9-7-8-22(4)17-25)40(38,39)26-14-10-21(3)11-15-26/h7-15,17-18,28H,5-6,16,19-20H2,1-4H3,(H,33,37)/t28-/m1/s1. The molecule has 1 atom stereocenters. The SMILES string of the molecule is CCCNC(=O)[C@@H](CC)N(Cc1ccc(Cl)cc1Cl)C(=O)CN(c1cccc(C)c1)S(=O)(=O)c1ccc(C)cc1. The van der Waals surface area contributed by atoms with Gasteiger partial charge in [0, 0.05) is 23.1 Å². The van der Waals surface area contributed by atoms with Crippen LogP contribution in [0.5, 0.6) is 0 Å². The molecule has 0 heterocycles. The highest BCUT2D eigenvalue weighted by Gasteiger charge is 2.34. The molecule has 3 aromatic carbocycles. The average Bonchev–Trinajstić information content (AvgIpc) is 2.91. The molecule has 40 heavy (non-hydrogen) atoms. The Labute approximate surface area is 247 Å². The number of carbonyl (C=O) groups is 2. The second-order valence-electron chi connectivity index (χ2n) is 9.64. The topological polar surface area (TPSA) is 86.8 Å². The molecule has 3 aromatic rings. The van der Waals surface area contributed by atoms with Crippen molar-refractivity contribution in [1.29, 1.82) is 0 Å². The number of nitrogens with zero attached hydrogens (tertiary/aromatic N) is 2. The molecule has 0 aliphatic rings. The van der Waals surface area contributed by atoms with E-state index in [2.05, 4.69) is 5.32 Å². The second-order valence-corrected chi connectivity index (χ2v) is 12.3. The first kappa shape index (κ1) is 31.5. The zero-order valence-electron chi connectivity index (χ0n) is 23.2. The maximum atomic E-state index is 14.1. The van der Waals surface area contributed by atoms with E-state index in [1.165, 1.54) is 17.0 Å². The normalized spacial score (nSPS) is 12.1. The second kappa shape index (κ2) is 14.0. The maximum absolute atomic E-state index is 14.1. The average molecular weight is 605 g/mol. The fourth-order valence-electron chi connectivity index (χ4n) is 4.27. The first-order valence-corrected chi connectivity index (χ1v) is 15.3. The Kier molecular flexibility index (Phi) is 11.0. The van der Waals surface area contributed by atoms with E-state index in [0.29, 0.717) is 34.3 Å². The Morgan fingerprint density at radius 2 is 1.62 bits per heavy atom. The first-order valence-electron chi connectivity index (χ1n) is 13.1. The highest BCUT2D eigenvalue weighted by atomic mass is 35.5. The van der Waals surface area contributed by atoms with E-state index >= 15 is 0 Å². The molecule has 0 unspecified atom stereocenters. The summed E-state index contributed by atoms with van der Waals surface area (Å²) in [5, 5.41) is 3.65. The van der Waals surface area contributed by atoms with Crippen molar-refractivity contribution in [2.75, 3.05) is 17.4 Å². The van der Waals surface area contributed by atoms with Crippen molar-refractivity contribution in [3.63, 3.8) is 0 Å². The van der Waals surface area contributed by atoms with Gasteiger partial charge in [-0.2, -0.15) is 0 Å². The largest absolute Gasteiger partial charge is 0.354 e. The van der Waals surface area contributed by atoms with Crippen molar-refractivity contribution >= 4 is 50.7 Å². The van der Waals surface area contributed by atoms with Gasteiger partial charge in [-0.3, -0.25) is 13.9 Å². The highest BCUT2D eigenvalue weighted by Crippen LogP contribution is 2.27. The number of benzene rings is 3. The quantitative estimate of drug-likeness (QED) is 0.269. The Bertz CT molecular complexity index is 1450. The van der Waals surface area contributed by atoms with E-state index in [0.717, 1.165) is 21.9 Å². The van der Waals surface area contributed by atoms with E-state index in [1.807, 2.05) is 26.8 Å². The smallest absolute Gasteiger partial charge is 0.264 e. The number of nitrogens with one attached hydrogen (secondary N) is 1. The third kappa shape index (κ3) is 7.77. The monoisotopic (exact) mass is 603 g/mol. The molecule has 0 aliphatic carbocycles. The number of aryl methyl sites for hydroxylation is 2. The van der Waals surface area contributed by atoms with Crippen LogP contribution in [0.2, 0.25) is 10.0 Å². The minimum Gasteiger partial charge on any atom is -0.354 e. The molecule has 7 nitrogen and oxygen atoms in total. The maximum Gasteiger partial charge on any atom is 0.264 e. The number of sulfonamides is 1. The molecule has 0 radical (unpaired) electrons. The Morgan fingerprint density at radius 1 is 0.925 bits per heavy atom. The fourth-order valence-corrected chi connectivity index (χ4v) is 6.14. The molecule has 10 heteroatoms. The molecule has 0 saturated heterocycles. The van der Waals surface area contributed by atoms with E-state index in [-0.39, 0.29) is 17.3 Å². The third-order valence-electron chi connectivity index (χ3n) is 6.47. The predicted octanol–water partition coefficient (Wildman–Crippen LogP) is 6.14. The van der Waals surface area contributed by atoms with Crippen LogP contribution in [0.1, 0.15) is 43.4 Å². The summed E-state index contributed by atoms with van der Waals surface area (Å²) in [5.41, 5.74) is 2.68. The van der Waals surface area contributed by atoms with Gasteiger partial charge in [-0.1, -0.05) is 72.9 Å². The van der Waals surface area contributed by atoms with Gasteiger partial charge in [0.05, 0.1) is 10.6 Å². The van der Waals surface area contributed by atoms with Crippen molar-refractivity contribution in [3.8, 4) is 0 Å². The van der Waals surface area contributed by atoms with Gasteiger partial charge in [-0.05, 0) is 74.2 Å². The molecule has 1 N–H and O–H groups in total. The summed E-state index contributed by atoms with van der Waals surface area (Å²) in [6, 6.07) is 17.5. The lowest BCUT2D eigenvalue weighted by molar-refractivity contribution is -0.140. The van der Waals surface area contributed by atoms with Crippen LogP contribution in [0.3, 0.4) is 0 Å². The molecule has 214 valence electrons. The molecule has 0 fully saturated rings. The minimum atomic E-state index is -4.13. The van der Waals surface area contributed by atoms with Crippen LogP contribution in [0, 0.1) is 13.8 Å². The summed E-state index contributed by atoms with van der Waals surface area (Å²) < 4.78 is 28.9. The molecule has 0 aliphatic heterocycles. The summed E-state index contributed by atoms with van der Waals surface area (Å²) >= 11 is 12.5. The van der Waals surface area contributed by atoms with Gasteiger partial charge in [0.15, 0.2) is 0 Å². The molecule has 0 saturated carbocycles. The first-order chi connectivity index (χ1) is 19.0. The minimum absolute atomic E-state index is 0.000869. The van der Waals surface area contributed by atoms with Crippen molar-refractivity contribution in [1.82, 2.24) is 10.2 Å². The summed E-state index contributed by atoms with van der Waals surface area (Å²) in [4.78, 5) is 28.7. The number of rotatable bonds is 12. The van der Waals surface area contributed by atoms with Gasteiger partial charge >= 0.3 is 0 Å². The van der Waals surface area contributed by atoms with E-state index in [1.54, 1.807) is 55.5 Å². The Balaban J connectivity index is 2.07. The predicted molar refractivity (Wildman–Crippen MR) is 161 cm³/mol. The zero-order chi connectivity index (χ0) is 29.4. The molecular formula is C30H35Cl2N3O4S. The molecule has 0 spiro atoms. The third-order valence-corrected chi connectivity index (χ3v) is 8.84. The van der Waals surface area contributed by atoms with Crippen molar-refractivity contribution in [2.24, 2.45) is 0 Å². The lowest BCUT2D eigenvalue weighted by Crippen LogP contribution is -2.52. The summed E-state index contributed by atoms with van der Waals surface area (Å²) in [6.07, 6.45) is 1.05. The van der Waals surface area contributed by atoms with Crippen LogP contribution in [0.15, 0.2) is 71.6 Å². The summed E-state index contributed by atoms with van der Waals surface area (Å²) in [7, 11) is -4.13. The van der Waals surface area contributed by atoms with Gasteiger partial charge in [-0.25, -0.2) is 8.42 Å². The van der Waals surface area contributed by atoms with Gasteiger partial charge in [0.25, 0.3) is 10.0 Å². The fraction of sp³-hybridized carbons (Fsp3) is 0.333. The van der Waals surface area contributed by atoms with Crippen LogP contribution in [-0.4, -0.2) is 44.3 Å². The van der Waals surface area contributed by atoms with Crippen molar-refractivity contribution in [3.05, 3.63) is 93.5 Å². The van der Waals surface area contributed by atoms with Crippen LogP contribution in [-0.2, 0) is 26.2 Å². The van der Waals surface area contributed by atoms with Crippen LogP contribution >= 0.6 is 23.2 Å². The molecule has 2 amide bonds. The van der Waals surface area contributed by atoms with Crippen LogP contribution < -0.4 is 9.62 Å². The van der Waals surface area contributed by atoms with Gasteiger partial charge in [-0.15, -0.1) is 0 Å². The van der Waals surface area contributed by atoms with Crippen molar-refractivity contribution in [2.45, 2.75) is 58.0 Å². The van der Waals surface area contributed by atoms with Crippen LogP contribution in [0.25, 0.3) is 0 Å². The lowest BCUT2D eigenvalue weighted by Gasteiger charge is -2.33. The van der Waals surface area contributed by atoms with Crippen molar-refractivity contribution < 1.29 is 18.0 Å².